The highest BCUT2D eigenvalue weighted by atomic mass is 35.5. The number of rotatable bonds is 3. The first kappa shape index (κ1) is 16.2. The van der Waals surface area contributed by atoms with Crippen LogP contribution in [0, 0.1) is 0 Å². The summed E-state index contributed by atoms with van der Waals surface area (Å²) in [6.07, 6.45) is 0. The molecule has 0 fully saturated rings. The van der Waals surface area contributed by atoms with E-state index in [1.165, 1.54) is 0 Å². The quantitative estimate of drug-likeness (QED) is 0.385. The van der Waals surface area contributed by atoms with Crippen LogP contribution in [0.4, 0.5) is 0 Å². The van der Waals surface area contributed by atoms with Crippen molar-refractivity contribution >= 4 is 46.3 Å². The summed E-state index contributed by atoms with van der Waals surface area (Å²) in [6, 6.07) is 25.7. The van der Waals surface area contributed by atoms with Crippen molar-refractivity contribution in [2.24, 2.45) is 0 Å². The molecule has 23 heavy (non-hydrogen) atoms. The maximum absolute atomic E-state index is 6.03. The van der Waals surface area contributed by atoms with Gasteiger partial charge < -0.3 is 0 Å². The molecule has 0 radical (unpaired) electrons. The molecule has 0 amide bonds. The van der Waals surface area contributed by atoms with Gasteiger partial charge >= 0.3 is 0 Å². The second-order valence-electron chi connectivity index (χ2n) is 5.10. The van der Waals surface area contributed by atoms with E-state index in [2.05, 4.69) is 0 Å². The molecule has 0 spiro atoms. The zero-order valence-corrected chi connectivity index (χ0v) is 14.6. The van der Waals surface area contributed by atoms with Crippen molar-refractivity contribution in [2.45, 2.75) is 0 Å². The predicted octanol–water partition coefficient (Wildman–Crippen LogP) is 6.84. The topological polar surface area (TPSA) is 0 Å². The number of hydrogen-bond acceptors (Lipinski definition) is 1. The van der Waals surface area contributed by atoms with Crippen molar-refractivity contribution in [3.63, 3.8) is 0 Å². The van der Waals surface area contributed by atoms with Crippen molar-refractivity contribution in [2.75, 3.05) is 0 Å². The lowest BCUT2D eigenvalue weighted by atomic mass is 9.95. The molecule has 0 saturated carbocycles. The third-order valence-corrected chi connectivity index (χ3v) is 4.54. The van der Waals surface area contributed by atoms with Gasteiger partial charge in [-0.3, -0.25) is 0 Å². The lowest BCUT2D eigenvalue weighted by Crippen LogP contribution is -1.91. The Bertz CT molecular complexity index is 772. The van der Waals surface area contributed by atoms with Gasteiger partial charge in [0.15, 0.2) is 0 Å². The molecule has 0 aliphatic carbocycles. The smallest absolute Gasteiger partial charge is 0.0406 e. The van der Waals surface area contributed by atoms with Crippen molar-refractivity contribution < 1.29 is 0 Å². The lowest BCUT2D eigenvalue weighted by molar-refractivity contribution is 1.55. The number of benzene rings is 3. The average molecular weight is 357 g/mol. The van der Waals surface area contributed by atoms with E-state index in [4.69, 9.17) is 35.8 Å². The summed E-state index contributed by atoms with van der Waals surface area (Å²) >= 11 is 16.9. The molecular formula is C20H14Cl2S. The van der Waals surface area contributed by atoms with Crippen LogP contribution in [0.25, 0.3) is 10.5 Å². The SMILES string of the molecule is SC(=C(c1ccc(Cl)cc1)c1ccc(Cl)cc1)c1ccccc1. The minimum atomic E-state index is 0.713. The van der Waals surface area contributed by atoms with Crippen molar-refractivity contribution in [3.8, 4) is 0 Å². The zero-order chi connectivity index (χ0) is 16.2. The maximum atomic E-state index is 6.03. The Morgan fingerprint density at radius 3 is 1.43 bits per heavy atom. The number of halogens is 2. The van der Waals surface area contributed by atoms with E-state index in [1.54, 1.807) is 0 Å². The van der Waals surface area contributed by atoms with Gasteiger partial charge in [-0.2, -0.15) is 0 Å². The van der Waals surface area contributed by atoms with Crippen LogP contribution < -0.4 is 0 Å². The van der Waals surface area contributed by atoms with E-state index >= 15 is 0 Å². The van der Waals surface area contributed by atoms with E-state index < -0.39 is 0 Å². The fourth-order valence-corrected chi connectivity index (χ4v) is 3.07. The molecule has 0 saturated heterocycles. The molecule has 0 N–H and O–H groups in total. The summed E-state index contributed by atoms with van der Waals surface area (Å²) in [5, 5.41) is 1.43. The Hall–Kier alpha value is -1.67. The molecule has 0 nitrogen and oxygen atoms in total. The highest BCUT2D eigenvalue weighted by molar-refractivity contribution is 7.90. The molecule has 3 rings (SSSR count). The van der Waals surface area contributed by atoms with E-state index in [1.807, 2.05) is 78.9 Å². The van der Waals surface area contributed by atoms with Gasteiger partial charge in [0.25, 0.3) is 0 Å². The average Bonchev–Trinajstić information content (AvgIpc) is 2.59. The second-order valence-corrected chi connectivity index (χ2v) is 6.42. The van der Waals surface area contributed by atoms with Gasteiger partial charge in [-0.1, -0.05) is 77.8 Å². The van der Waals surface area contributed by atoms with Crippen LogP contribution in [-0.4, -0.2) is 0 Å². The number of thiol groups is 1. The Kier molecular flexibility index (Phi) is 5.12. The summed E-state index contributed by atoms with van der Waals surface area (Å²) < 4.78 is 0. The minimum Gasteiger partial charge on any atom is -0.142 e. The largest absolute Gasteiger partial charge is 0.142 e. The van der Waals surface area contributed by atoms with Gasteiger partial charge in [0, 0.05) is 20.5 Å². The summed E-state index contributed by atoms with van der Waals surface area (Å²) in [5.41, 5.74) is 4.24. The molecule has 0 heterocycles. The van der Waals surface area contributed by atoms with E-state index in [-0.39, 0.29) is 0 Å². The van der Waals surface area contributed by atoms with E-state index in [0.29, 0.717) is 10.0 Å². The first-order chi connectivity index (χ1) is 11.1. The van der Waals surface area contributed by atoms with Gasteiger partial charge in [-0.05, 0) is 41.0 Å². The van der Waals surface area contributed by atoms with Crippen LogP contribution in [0.2, 0.25) is 10.0 Å². The van der Waals surface area contributed by atoms with Crippen molar-refractivity contribution in [1.29, 1.82) is 0 Å². The van der Waals surface area contributed by atoms with Crippen LogP contribution in [-0.2, 0) is 0 Å². The van der Waals surface area contributed by atoms with Crippen molar-refractivity contribution in [3.05, 3.63) is 106 Å². The molecule has 3 aromatic carbocycles. The highest BCUT2D eigenvalue weighted by Gasteiger charge is 2.11. The maximum Gasteiger partial charge on any atom is 0.0406 e. The molecule has 3 heteroatoms. The third kappa shape index (κ3) is 3.81. The first-order valence-corrected chi connectivity index (χ1v) is 8.36. The van der Waals surface area contributed by atoms with Gasteiger partial charge in [0.1, 0.15) is 0 Å². The minimum absolute atomic E-state index is 0.713. The molecule has 0 bridgehead atoms. The molecule has 114 valence electrons. The normalized spacial score (nSPS) is 10.4. The molecule has 3 aromatic rings. The fourth-order valence-electron chi connectivity index (χ4n) is 2.41. The Morgan fingerprint density at radius 2 is 1.00 bits per heavy atom. The van der Waals surface area contributed by atoms with E-state index in [0.717, 1.165) is 27.2 Å². The zero-order valence-electron chi connectivity index (χ0n) is 12.2. The Labute approximate surface area is 151 Å². The van der Waals surface area contributed by atoms with Gasteiger partial charge in [0.05, 0.1) is 0 Å². The van der Waals surface area contributed by atoms with E-state index in [9.17, 15) is 0 Å². The van der Waals surface area contributed by atoms with Gasteiger partial charge in [-0.25, -0.2) is 0 Å². The van der Waals surface area contributed by atoms with Crippen LogP contribution >= 0.6 is 35.8 Å². The second kappa shape index (κ2) is 7.27. The van der Waals surface area contributed by atoms with Crippen LogP contribution in [0.15, 0.2) is 78.9 Å². The van der Waals surface area contributed by atoms with Gasteiger partial charge in [-0.15, -0.1) is 12.6 Å². The number of hydrogen-bond donors (Lipinski definition) is 1. The van der Waals surface area contributed by atoms with Crippen LogP contribution in [0.5, 0.6) is 0 Å². The predicted molar refractivity (Wildman–Crippen MR) is 104 cm³/mol. The highest BCUT2D eigenvalue weighted by Crippen LogP contribution is 2.35. The summed E-state index contributed by atoms with van der Waals surface area (Å²) in [7, 11) is 0. The Balaban J connectivity index is 2.21. The molecule has 0 unspecified atom stereocenters. The summed E-state index contributed by atoms with van der Waals surface area (Å²) in [4.78, 5) is 0.912. The fraction of sp³-hybridized carbons (Fsp3) is 0. The summed E-state index contributed by atoms with van der Waals surface area (Å²) in [6.45, 7) is 0. The molecule has 0 atom stereocenters. The molecule has 0 aliphatic rings. The Morgan fingerprint density at radius 1 is 0.565 bits per heavy atom. The molecule has 0 aliphatic heterocycles. The molecule has 0 aromatic heterocycles. The lowest BCUT2D eigenvalue weighted by Gasteiger charge is -2.13. The third-order valence-electron chi connectivity index (χ3n) is 3.55. The van der Waals surface area contributed by atoms with Gasteiger partial charge in [0.2, 0.25) is 0 Å². The molecular weight excluding hydrogens is 343 g/mol. The van der Waals surface area contributed by atoms with Crippen LogP contribution in [0.1, 0.15) is 16.7 Å². The van der Waals surface area contributed by atoms with Crippen LogP contribution in [0.3, 0.4) is 0 Å². The first-order valence-electron chi connectivity index (χ1n) is 7.15. The standard InChI is InChI=1S/C20H14Cl2S/c21-17-10-6-14(7-11-17)19(15-8-12-18(22)13-9-15)20(23)16-4-2-1-3-5-16/h1-13,23H. The summed E-state index contributed by atoms with van der Waals surface area (Å²) in [5.74, 6) is 0. The monoisotopic (exact) mass is 356 g/mol. The van der Waals surface area contributed by atoms with Crippen molar-refractivity contribution in [1.82, 2.24) is 0 Å².